The van der Waals surface area contributed by atoms with E-state index < -0.39 is 10.0 Å². The summed E-state index contributed by atoms with van der Waals surface area (Å²) in [5, 5.41) is 11.0. The van der Waals surface area contributed by atoms with Crippen LogP contribution in [0.5, 0.6) is 0 Å². The van der Waals surface area contributed by atoms with Crippen molar-refractivity contribution in [3.63, 3.8) is 0 Å². The van der Waals surface area contributed by atoms with Gasteiger partial charge in [-0.2, -0.15) is 9.57 Å². The van der Waals surface area contributed by atoms with Gasteiger partial charge in [0.05, 0.1) is 0 Å². The molecular weight excluding hydrogens is 294 g/mol. The summed E-state index contributed by atoms with van der Waals surface area (Å²) >= 11 is 1.66. The number of nitrogens with zero attached hydrogens (tertiary/aromatic N) is 3. The van der Waals surface area contributed by atoms with Crippen molar-refractivity contribution in [2.75, 3.05) is 6.54 Å². The average Bonchev–Trinajstić information content (AvgIpc) is 2.94. The predicted molar refractivity (Wildman–Crippen MR) is 74.6 cm³/mol. The fraction of sp³-hybridized carbons (Fsp3) is 0.231. The Morgan fingerprint density at radius 1 is 1.40 bits per heavy atom. The number of hydrogen-bond acceptors (Lipinski definition) is 5. The minimum absolute atomic E-state index is 0.0128. The zero-order valence-corrected chi connectivity index (χ0v) is 12.1. The molecule has 5 nitrogen and oxygen atoms in total. The normalized spacial score (nSPS) is 15.6. The quantitative estimate of drug-likeness (QED) is 0.847. The molecule has 0 saturated heterocycles. The maximum Gasteiger partial charge on any atom is 0.246 e. The minimum atomic E-state index is -3.67. The molecule has 20 heavy (non-hydrogen) atoms. The number of fused-ring (bicyclic) bond motifs is 1. The second-order valence-electron chi connectivity index (χ2n) is 4.42. The Kier molecular flexibility index (Phi) is 3.30. The number of sulfonamides is 1. The van der Waals surface area contributed by atoms with Gasteiger partial charge >= 0.3 is 0 Å². The first-order valence-corrected chi connectivity index (χ1v) is 8.35. The molecule has 2 aromatic rings. The van der Waals surface area contributed by atoms with E-state index in [1.807, 2.05) is 17.5 Å². The first kappa shape index (κ1) is 13.2. The second kappa shape index (κ2) is 4.98. The molecule has 0 unspecified atom stereocenters. The van der Waals surface area contributed by atoms with Crippen molar-refractivity contribution in [2.45, 2.75) is 17.9 Å². The number of thiophene rings is 1. The highest BCUT2D eigenvalue weighted by Gasteiger charge is 2.30. The van der Waals surface area contributed by atoms with Crippen molar-refractivity contribution in [1.82, 2.24) is 9.29 Å². The van der Waals surface area contributed by atoms with Crippen molar-refractivity contribution in [3.8, 4) is 6.07 Å². The number of pyridine rings is 1. The number of rotatable bonds is 2. The van der Waals surface area contributed by atoms with Crippen LogP contribution in [0.3, 0.4) is 0 Å². The van der Waals surface area contributed by atoms with Crippen molar-refractivity contribution >= 4 is 21.4 Å². The molecule has 0 aliphatic carbocycles. The van der Waals surface area contributed by atoms with Gasteiger partial charge in [-0.05, 0) is 35.6 Å². The van der Waals surface area contributed by atoms with E-state index in [9.17, 15) is 8.42 Å². The largest absolute Gasteiger partial charge is 0.246 e. The highest BCUT2D eigenvalue weighted by molar-refractivity contribution is 7.89. The summed E-state index contributed by atoms with van der Waals surface area (Å²) in [4.78, 5) is 5.05. The zero-order chi connectivity index (χ0) is 14.2. The van der Waals surface area contributed by atoms with Gasteiger partial charge in [0.1, 0.15) is 11.0 Å². The van der Waals surface area contributed by atoms with Gasteiger partial charge in [-0.25, -0.2) is 13.4 Å². The van der Waals surface area contributed by atoms with Crippen LogP contribution in [0.25, 0.3) is 0 Å². The Labute approximate surface area is 121 Å². The minimum Gasteiger partial charge on any atom is -0.244 e. The van der Waals surface area contributed by atoms with E-state index in [-0.39, 0.29) is 10.6 Å². The molecule has 3 rings (SSSR count). The van der Waals surface area contributed by atoms with E-state index in [0.29, 0.717) is 19.5 Å². The summed E-state index contributed by atoms with van der Waals surface area (Å²) in [5.41, 5.74) is 0.996. The van der Waals surface area contributed by atoms with E-state index in [0.717, 1.165) is 5.56 Å². The van der Waals surface area contributed by atoms with Crippen LogP contribution in [0.1, 0.15) is 16.1 Å². The third-order valence-electron chi connectivity index (χ3n) is 3.27. The van der Waals surface area contributed by atoms with Crippen molar-refractivity contribution < 1.29 is 8.42 Å². The SMILES string of the molecule is N#Cc1ncccc1S(=O)(=O)N1CCc2sccc2C1. The Bertz CT molecular complexity index is 790. The number of nitriles is 1. The van der Waals surface area contributed by atoms with Gasteiger partial charge in [0, 0.05) is 24.2 Å². The van der Waals surface area contributed by atoms with Crippen molar-refractivity contribution in [2.24, 2.45) is 0 Å². The molecule has 0 saturated carbocycles. The molecule has 3 heterocycles. The first-order chi connectivity index (χ1) is 9.63. The summed E-state index contributed by atoms with van der Waals surface area (Å²) in [7, 11) is -3.67. The third kappa shape index (κ3) is 2.12. The Morgan fingerprint density at radius 2 is 2.25 bits per heavy atom. The van der Waals surface area contributed by atoms with E-state index >= 15 is 0 Å². The molecule has 1 aliphatic rings. The Morgan fingerprint density at radius 3 is 3.05 bits per heavy atom. The molecule has 0 fully saturated rings. The molecule has 7 heteroatoms. The highest BCUT2D eigenvalue weighted by atomic mass is 32.2. The van der Waals surface area contributed by atoms with Crippen LogP contribution in [0, 0.1) is 11.3 Å². The van der Waals surface area contributed by atoms with Crippen LogP contribution in [0.4, 0.5) is 0 Å². The van der Waals surface area contributed by atoms with Crippen LogP contribution in [0.2, 0.25) is 0 Å². The molecular formula is C13H11N3O2S2. The smallest absolute Gasteiger partial charge is 0.244 e. The molecule has 0 bridgehead atoms. The maximum atomic E-state index is 12.6. The predicted octanol–water partition coefficient (Wildman–Crippen LogP) is 1.76. The summed E-state index contributed by atoms with van der Waals surface area (Å²) in [6.45, 7) is 0.802. The van der Waals surface area contributed by atoms with Crippen molar-refractivity contribution in [3.05, 3.63) is 45.9 Å². The second-order valence-corrected chi connectivity index (χ2v) is 7.33. The maximum absolute atomic E-state index is 12.6. The van der Waals surface area contributed by atoms with Crippen LogP contribution in [-0.2, 0) is 23.0 Å². The van der Waals surface area contributed by atoms with Gasteiger partial charge in [0.25, 0.3) is 0 Å². The van der Waals surface area contributed by atoms with Gasteiger partial charge in [0.15, 0.2) is 5.69 Å². The van der Waals surface area contributed by atoms with Gasteiger partial charge in [0.2, 0.25) is 10.0 Å². The van der Waals surface area contributed by atoms with E-state index in [1.54, 1.807) is 11.3 Å². The van der Waals surface area contributed by atoms with Crippen LogP contribution in [0.15, 0.2) is 34.7 Å². The molecule has 102 valence electrons. The molecule has 0 radical (unpaired) electrons. The molecule has 0 N–H and O–H groups in total. The Hall–Kier alpha value is -1.75. The zero-order valence-electron chi connectivity index (χ0n) is 10.5. The monoisotopic (exact) mass is 305 g/mol. The fourth-order valence-corrected chi connectivity index (χ4v) is 4.65. The topological polar surface area (TPSA) is 74.1 Å². The van der Waals surface area contributed by atoms with Gasteiger partial charge in [-0.1, -0.05) is 0 Å². The average molecular weight is 305 g/mol. The van der Waals surface area contributed by atoms with Crippen LogP contribution in [-0.4, -0.2) is 24.3 Å². The molecule has 0 atom stereocenters. The molecule has 1 aliphatic heterocycles. The lowest BCUT2D eigenvalue weighted by atomic mass is 10.1. The molecule has 0 aromatic carbocycles. The van der Waals surface area contributed by atoms with E-state index in [2.05, 4.69) is 4.98 Å². The van der Waals surface area contributed by atoms with E-state index in [1.165, 1.54) is 27.5 Å². The summed E-state index contributed by atoms with van der Waals surface area (Å²) < 4.78 is 26.7. The lowest BCUT2D eigenvalue weighted by molar-refractivity contribution is 0.394. The van der Waals surface area contributed by atoms with Gasteiger partial charge in [-0.3, -0.25) is 0 Å². The van der Waals surface area contributed by atoms with Crippen molar-refractivity contribution in [1.29, 1.82) is 5.26 Å². The molecule has 2 aromatic heterocycles. The van der Waals surface area contributed by atoms with Gasteiger partial charge < -0.3 is 0 Å². The number of aromatic nitrogens is 1. The first-order valence-electron chi connectivity index (χ1n) is 6.03. The summed E-state index contributed by atoms with van der Waals surface area (Å²) in [6, 6.07) is 6.76. The third-order valence-corrected chi connectivity index (χ3v) is 6.17. The molecule has 0 spiro atoms. The summed E-state index contributed by atoms with van der Waals surface area (Å²) in [6.07, 6.45) is 2.14. The Balaban J connectivity index is 2.00. The van der Waals surface area contributed by atoms with E-state index in [4.69, 9.17) is 5.26 Å². The lowest BCUT2D eigenvalue weighted by Crippen LogP contribution is -2.35. The van der Waals surface area contributed by atoms with Crippen LogP contribution < -0.4 is 0 Å². The highest BCUT2D eigenvalue weighted by Crippen LogP contribution is 2.28. The summed E-state index contributed by atoms with van der Waals surface area (Å²) in [5.74, 6) is 0. The standard InChI is InChI=1S/C13H11N3O2S2/c14-8-11-13(2-1-5-15-11)20(17,18)16-6-3-12-10(9-16)4-7-19-12/h1-2,4-5,7H,3,6,9H2. The lowest BCUT2D eigenvalue weighted by Gasteiger charge is -2.26. The fourth-order valence-electron chi connectivity index (χ4n) is 2.25. The van der Waals surface area contributed by atoms with Gasteiger partial charge in [-0.15, -0.1) is 11.3 Å². The molecule has 0 amide bonds. The number of hydrogen-bond donors (Lipinski definition) is 0. The van der Waals surface area contributed by atoms with Crippen LogP contribution >= 0.6 is 11.3 Å².